The number of β-amino-alcohol motifs (C(OH)–C–C–N with tert-alkyl or cyclic N) is 1. The lowest BCUT2D eigenvalue weighted by atomic mass is 10.0. The van der Waals surface area contributed by atoms with E-state index in [1.807, 2.05) is 0 Å². The van der Waals surface area contributed by atoms with Crippen LogP contribution in [-0.4, -0.2) is 58.5 Å². The van der Waals surface area contributed by atoms with Crippen LogP contribution in [-0.2, 0) is 0 Å². The molecular weight excluding hydrogens is 288 g/mol. The number of rotatable bonds is 7. The van der Waals surface area contributed by atoms with Crippen molar-refractivity contribution in [1.29, 1.82) is 0 Å². The zero-order valence-electron chi connectivity index (χ0n) is 12.4. The molecule has 0 bridgehead atoms. The normalized spacial score (nSPS) is 20.5. The zero-order valence-corrected chi connectivity index (χ0v) is 12.4. The van der Waals surface area contributed by atoms with E-state index in [9.17, 15) is 20.3 Å². The van der Waals surface area contributed by atoms with Crippen LogP contribution < -0.4 is 4.74 Å². The monoisotopic (exact) mass is 310 g/mol. The third-order valence-electron chi connectivity index (χ3n) is 3.88. The summed E-state index contributed by atoms with van der Waals surface area (Å²) < 4.78 is 5.43. The molecule has 1 aliphatic heterocycles. The molecule has 2 atom stereocenters. The molecule has 0 radical (unpaired) electrons. The molecule has 0 unspecified atom stereocenters. The molecule has 0 amide bonds. The molecule has 22 heavy (non-hydrogen) atoms. The van der Waals surface area contributed by atoms with Gasteiger partial charge in [-0.05, 0) is 25.5 Å². The Morgan fingerprint density at radius 3 is 3.00 bits per heavy atom. The number of hydrogen-bond donors (Lipinski definition) is 2. The second kappa shape index (κ2) is 8.07. The van der Waals surface area contributed by atoms with Crippen molar-refractivity contribution < 1.29 is 19.9 Å². The van der Waals surface area contributed by atoms with Gasteiger partial charge in [-0.2, -0.15) is 0 Å². The van der Waals surface area contributed by atoms with Crippen molar-refractivity contribution in [2.45, 2.75) is 31.4 Å². The Labute approximate surface area is 129 Å². The van der Waals surface area contributed by atoms with Crippen LogP contribution in [0, 0.1) is 10.1 Å². The summed E-state index contributed by atoms with van der Waals surface area (Å²) >= 11 is 0. The molecule has 1 fully saturated rings. The number of nitro benzene ring substituents is 1. The SMILES string of the molecule is O=[N+]([O-])c1cccc(OC[C@@H](O)CN2CCCC[C@@H]2CO)c1. The number of benzene rings is 1. The summed E-state index contributed by atoms with van der Waals surface area (Å²) in [5, 5.41) is 30.1. The number of hydrogen-bond acceptors (Lipinski definition) is 6. The minimum Gasteiger partial charge on any atom is -0.491 e. The van der Waals surface area contributed by atoms with E-state index in [0.717, 1.165) is 25.8 Å². The van der Waals surface area contributed by atoms with E-state index in [1.54, 1.807) is 12.1 Å². The highest BCUT2D eigenvalue weighted by Gasteiger charge is 2.23. The maximum atomic E-state index is 10.7. The van der Waals surface area contributed by atoms with Crippen LogP contribution in [0.2, 0.25) is 0 Å². The zero-order chi connectivity index (χ0) is 15.9. The summed E-state index contributed by atoms with van der Waals surface area (Å²) in [6.45, 7) is 1.45. The maximum absolute atomic E-state index is 10.7. The number of likely N-dealkylation sites (tertiary alicyclic amines) is 1. The lowest BCUT2D eigenvalue weighted by molar-refractivity contribution is -0.384. The van der Waals surface area contributed by atoms with Gasteiger partial charge in [0.25, 0.3) is 5.69 Å². The second-order valence-electron chi connectivity index (χ2n) is 5.55. The molecule has 7 heteroatoms. The van der Waals surface area contributed by atoms with Crippen LogP contribution in [0.3, 0.4) is 0 Å². The van der Waals surface area contributed by atoms with E-state index in [1.165, 1.54) is 12.1 Å². The number of piperidine rings is 1. The van der Waals surface area contributed by atoms with Crippen molar-refractivity contribution >= 4 is 5.69 Å². The van der Waals surface area contributed by atoms with Gasteiger partial charge in [-0.25, -0.2) is 0 Å². The van der Waals surface area contributed by atoms with Gasteiger partial charge in [0.05, 0.1) is 17.6 Å². The van der Waals surface area contributed by atoms with Crippen molar-refractivity contribution in [1.82, 2.24) is 4.90 Å². The Morgan fingerprint density at radius 1 is 1.45 bits per heavy atom. The molecule has 2 N–H and O–H groups in total. The molecule has 0 saturated carbocycles. The average molecular weight is 310 g/mol. The molecule has 7 nitrogen and oxygen atoms in total. The number of ether oxygens (including phenoxy) is 1. The van der Waals surface area contributed by atoms with Gasteiger partial charge in [-0.15, -0.1) is 0 Å². The Balaban J connectivity index is 1.83. The number of nitro groups is 1. The molecule has 0 aromatic heterocycles. The predicted octanol–water partition coefficient (Wildman–Crippen LogP) is 1.18. The van der Waals surface area contributed by atoms with Crippen molar-refractivity contribution in [3.8, 4) is 5.75 Å². The van der Waals surface area contributed by atoms with Gasteiger partial charge >= 0.3 is 0 Å². The van der Waals surface area contributed by atoms with E-state index >= 15 is 0 Å². The lowest BCUT2D eigenvalue weighted by Gasteiger charge is -2.35. The second-order valence-corrected chi connectivity index (χ2v) is 5.55. The molecule has 1 saturated heterocycles. The predicted molar refractivity (Wildman–Crippen MR) is 80.9 cm³/mol. The van der Waals surface area contributed by atoms with Crippen molar-refractivity contribution in [2.24, 2.45) is 0 Å². The van der Waals surface area contributed by atoms with Gasteiger partial charge in [0.15, 0.2) is 0 Å². The van der Waals surface area contributed by atoms with Gasteiger partial charge in [0.2, 0.25) is 0 Å². The molecule has 1 aliphatic rings. The molecule has 1 heterocycles. The highest BCUT2D eigenvalue weighted by atomic mass is 16.6. The molecule has 0 spiro atoms. The van der Waals surface area contributed by atoms with Crippen molar-refractivity contribution in [3.05, 3.63) is 34.4 Å². The fourth-order valence-electron chi connectivity index (χ4n) is 2.71. The van der Waals surface area contributed by atoms with E-state index < -0.39 is 11.0 Å². The highest BCUT2D eigenvalue weighted by Crippen LogP contribution is 2.20. The minimum absolute atomic E-state index is 0.0386. The van der Waals surface area contributed by atoms with E-state index in [2.05, 4.69) is 4.90 Å². The summed E-state index contributed by atoms with van der Waals surface area (Å²) in [6, 6.07) is 6.00. The summed E-state index contributed by atoms with van der Waals surface area (Å²) in [7, 11) is 0. The first-order valence-electron chi connectivity index (χ1n) is 7.50. The Hall–Kier alpha value is -1.70. The summed E-state index contributed by atoms with van der Waals surface area (Å²) in [6.07, 6.45) is 2.40. The summed E-state index contributed by atoms with van der Waals surface area (Å²) in [5.41, 5.74) is -0.0386. The first kappa shape index (κ1) is 16.7. The van der Waals surface area contributed by atoms with Crippen LogP contribution in [0.4, 0.5) is 5.69 Å². The molecule has 1 aromatic rings. The van der Waals surface area contributed by atoms with Crippen molar-refractivity contribution in [3.63, 3.8) is 0 Å². The van der Waals surface area contributed by atoms with Crippen LogP contribution >= 0.6 is 0 Å². The average Bonchev–Trinajstić information content (AvgIpc) is 2.53. The van der Waals surface area contributed by atoms with Gasteiger partial charge in [-0.3, -0.25) is 15.0 Å². The first-order valence-corrected chi connectivity index (χ1v) is 7.50. The molecule has 122 valence electrons. The lowest BCUT2D eigenvalue weighted by Crippen LogP contribution is -2.46. The number of aliphatic hydroxyl groups is 2. The molecule has 2 rings (SSSR count). The summed E-state index contributed by atoms with van der Waals surface area (Å²) in [4.78, 5) is 12.3. The van der Waals surface area contributed by atoms with Gasteiger partial charge < -0.3 is 14.9 Å². The van der Waals surface area contributed by atoms with Crippen LogP contribution in [0.15, 0.2) is 24.3 Å². The Kier molecular flexibility index (Phi) is 6.11. The minimum atomic E-state index is -0.702. The van der Waals surface area contributed by atoms with E-state index in [4.69, 9.17) is 4.74 Å². The number of nitrogens with zero attached hydrogens (tertiary/aromatic N) is 2. The smallest absolute Gasteiger partial charge is 0.273 e. The quantitative estimate of drug-likeness (QED) is 0.580. The van der Waals surface area contributed by atoms with E-state index in [0.29, 0.717) is 12.3 Å². The van der Waals surface area contributed by atoms with Crippen LogP contribution in [0.5, 0.6) is 5.75 Å². The standard InChI is InChI=1S/C15H22N2O5/c18-10-13-4-1-2-7-16(13)9-14(19)11-22-15-6-3-5-12(8-15)17(20)21/h3,5-6,8,13-14,18-19H,1-2,4,7,9-11H2/t13-,14+/m1/s1. The van der Waals surface area contributed by atoms with Crippen molar-refractivity contribution in [2.75, 3.05) is 26.3 Å². The third kappa shape index (κ3) is 4.66. The molecule has 0 aliphatic carbocycles. The number of non-ortho nitro benzene ring substituents is 1. The molecule has 1 aromatic carbocycles. The first-order chi connectivity index (χ1) is 10.6. The van der Waals surface area contributed by atoms with Crippen LogP contribution in [0.25, 0.3) is 0 Å². The maximum Gasteiger partial charge on any atom is 0.273 e. The van der Waals surface area contributed by atoms with Gasteiger partial charge in [0.1, 0.15) is 18.5 Å². The number of aliphatic hydroxyl groups excluding tert-OH is 2. The third-order valence-corrected chi connectivity index (χ3v) is 3.88. The molecular formula is C15H22N2O5. The highest BCUT2D eigenvalue weighted by molar-refractivity contribution is 5.37. The van der Waals surface area contributed by atoms with E-state index in [-0.39, 0.29) is 24.9 Å². The topological polar surface area (TPSA) is 96.1 Å². The Bertz CT molecular complexity index is 497. The Morgan fingerprint density at radius 2 is 2.27 bits per heavy atom. The fraction of sp³-hybridized carbons (Fsp3) is 0.600. The van der Waals surface area contributed by atoms with Gasteiger partial charge in [0, 0.05) is 18.7 Å². The summed E-state index contributed by atoms with van der Waals surface area (Å²) in [5.74, 6) is 0.366. The largest absolute Gasteiger partial charge is 0.491 e. The fourth-order valence-corrected chi connectivity index (χ4v) is 2.71. The van der Waals surface area contributed by atoms with Crippen LogP contribution in [0.1, 0.15) is 19.3 Å². The van der Waals surface area contributed by atoms with Gasteiger partial charge in [-0.1, -0.05) is 12.5 Å².